The van der Waals surface area contributed by atoms with Crippen LogP contribution in [0.25, 0.3) is 11.4 Å². The molecule has 0 N–H and O–H groups in total. The molecule has 2 aromatic rings. The van der Waals surface area contributed by atoms with Gasteiger partial charge in [-0.2, -0.15) is 5.10 Å². The molecule has 5 heteroatoms. The molecule has 1 saturated heterocycles. The molecule has 0 aromatic carbocycles. The zero-order valence-electron chi connectivity index (χ0n) is 13.7. The summed E-state index contributed by atoms with van der Waals surface area (Å²) in [6.45, 7) is 6.97. The minimum atomic E-state index is 0.634. The van der Waals surface area contributed by atoms with Crippen LogP contribution in [0, 0.1) is 5.92 Å². The highest BCUT2D eigenvalue weighted by molar-refractivity contribution is 5.52. The lowest BCUT2D eigenvalue weighted by Crippen LogP contribution is -2.40. The Kier molecular flexibility index (Phi) is 4.52. The van der Waals surface area contributed by atoms with Gasteiger partial charge in [0.1, 0.15) is 5.69 Å². The van der Waals surface area contributed by atoms with Crippen LogP contribution in [0.15, 0.2) is 24.7 Å². The van der Waals surface area contributed by atoms with Gasteiger partial charge in [-0.1, -0.05) is 0 Å². The van der Waals surface area contributed by atoms with E-state index in [0.29, 0.717) is 12.0 Å². The molecule has 2 aromatic heterocycles. The smallest absolute Gasteiger partial charge is 0.107 e. The van der Waals surface area contributed by atoms with E-state index in [4.69, 9.17) is 4.98 Å². The van der Waals surface area contributed by atoms with Crippen molar-refractivity contribution in [3.05, 3.63) is 30.4 Å². The first-order chi connectivity index (χ1) is 10.6. The highest BCUT2D eigenvalue weighted by Gasteiger charge is 2.22. The van der Waals surface area contributed by atoms with Crippen molar-refractivity contribution in [2.45, 2.75) is 39.2 Å². The fourth-order valence-corrected chi connectivity index (χ4v) is 3.28. The fourth-order valence-electron chi connectivity index (χ4n) is 3.28. The van der Waals surface area contributed by atoms with Gasteiger partial charge in [-0.05, 0) is 51.6 Å². The normalized spacial score (nSPS) is 19.7. The third-order valence-corrected chi connectivity index (χ3v) is 4.55. The van der Waals surface area contributed by atoms with Gasteiger partial charge < -0.3 is 4.90 Å². The van der Waals surface area contributed by atoms with E-state index in [1.165, 1.54) is 25.9 Å². The van der Waals surface area contributed by atoms with Crippen LogP contribution in [0.5, 0.6) is 0 Å². The van der Waals surface area contributed by atoms with E-state index in [1.54, 1.807) is 6.20 Å². The molecule has 1 fully saturated rings. The van der Waals surface area contributed by atoms with Gasteiger partial charge >= 0.3 is 0 Å². The van der Waals surface area contributed by atoms with Crippen molar-refractivity contribution in [3.8, 4) is 11.4 Å². The van der Waals surface area contributed by atoms with Crippen molar-refractivity contribution in [1.82, 2.24) is 24.6 Å². The monoisotopic (exact) mass is 299 g/mol. The number of hydrogen-bond acceptors (Lipinski definition) is 4. The van der Waals surface area contributed by atoms with Gasteiger partial charge in [0.15, 0.2) is 0 Å². The van der Waals surface area contributed by atoms with E-state index in [9.17, 15) is 0 Å². The molecule has 118 valence electrons. The summed E-state index contributed by atoms with van der Waals surface area (Å²) >= 11 is 0. The number of aryl methyl sites for hydroxylation is 1. The number of piperidine rings is 1. The summed E-state index contributed by atoms with van der Waals surface area (Å²) in [6.07, 6.45) is 9.13. The van der Waals surface area contributed by atoms with Gasteiger partial charge in [0.05, 0.1) is 17.6 Å². The van der Waals surface area contributed by atoms with Gasteiger partial charge in [-0.25, -0.2) is 4.98 Å². The maximum Gasteiger partial charge on any atom is 0.107 e. The summed E-state index contributed by atoms with van der Waals surface area (Å²) in [5, 5.41) is 4.21. The molecule has 1 aliphatic heterocycles. The largest absolute Gasteiger partial charge is 0.301 e. The highest BCUT2D eigenvalue weighted by atomic mass is 15.3. The Hall–Kier alpha value is -1.75. The minimum Gasteiger partial charge on any atom is -0.301 e. The average Bonchev–Trinajstić information content (AvgIpc) is 2.94. The van der Waals surface area contributed by atoms with Crippen molar-refractivity contribution in [1.29, 1.82) is 0 Å². The molecule has 0 bridgehead atoms. The van der Waals surface area contributed by atoms with Crippen molar-refractivity contribution in [2.24, 2.45) is 13.0 Å². The van der Waals surface area contributed by atoms with E-state index >= 15 is 0 Å². The molecule has 0 amide bonds. The van der Waals surface area contributed by atoms with E-state index in [2.05, 4.69) is 28.8 Å². The third kappa shape index (κ3) is 3.35. The quantitative estimate of drug-likeness (QED) is 0.870. The van der Waals surface area contributed by atoms with Crippen LogP contribution in [0.2, 0.25) is 0 Å². The van der Waals surface area contributed by atoms with Crippen LogP contribution < -0.4 is 0 Å². The second-order valence-electron chi connectivity index (χ2n) is 6.54. The predicted molar refractivity (Wildman–Crippen MR) is 87.4 cm³/mol. The van der Waals surface area contributed by atoms with Gasteiger partial charge in [0.2, 0.25) is 0 Å². The maximum absolute atomic E-state index is 4.80. The molecular formula is C17H25N5. The molecule has 0 aliphatic carbocycles. The lowest BCUT2D eigenvalue weighted by molar-refractivity contribution is 0.139. The molecule has 3 rings (SSSR count). The van der Waals surface area contributed by atoms with Crippen LogP contribution in [-0.4, -0.2) is 43.8 Å². The van der Waals surface area contributed by atoms with Gasteiger partial charge in [-0.15, -0.1) is 0 Å². The molecule has 0 unspecified atom stereocenters. The number of hydrogen-bond donors (Lipinski definition) is 0. The van der Waals surface area contributed by atoms with E-state index in [-0.39, 0.29) is 0 Å². The second-order valence-corrected chi connectivity index (χ2v) is 6.54. The molecule has 3 heterocycles. The zero-order chi connectivity index (χ0) is 15.5. The van der Waals surface area contributed by atoms with Crippen LogP contribution in [0.4, 0.5) is 0 Å². The van der Waals surface area contributed by atoms with Crippen molar-refractivity contribution >= 4 is 0 Å². The van der Waals surface area contributed by atoms with Crippen LogP contribution in [0.1, 0.15) is 32.4 Å². The molecule has 22 heavy (non-hydrogen) atoms. The Morgan fingerprint density at radius 2 is 2.18 bits per heavy atom. The lowest BCUT2D eigenvalue weighted by atomic mass is 9.93. The Bertz CT molecular complexity index is 619. The second kappa shape index (κ2) is 6.57. The Balaban J connectivity index is 1.72. The summed E-state index contributed by atoms with van der Waals surface area (Å²) < 4.78 is 1.84. The summed E-state index contributed by atoms with van der Waals surface area (Å²) in [4.78, 5) is 11.8. The summed E-state index contributed by atoms with van der Waals surface area (Å²) in [7, 11) is 1.94. The number of nitrogens with zero attached hydrogens (tertiary/aromatic N) is 5. The fraction of sp³-hybridized carbons (Fsp3) is 0.588. The highest BCUT2D eigenvalue weighted by Crippen LogP contribution is 2.22. The van der Waals surface area contributed by atoms with Crippen LogP contribution >= 0.6 is 0 Å². The Morgan fingerprint density at radius 1 is 1.32 bits per heavy atom. The van der Waals surface area contributed by atoms with Gasteiger partial charge in [0, 0.05) is 32.0 Å². The molecule has 0 radical (unpaired) electrons. The first kappa shape index (κ1) is 15.2. The van der Waals surface area contributed by atoms with E-state index in [1.807, 2.05) is 30.2 Å². The molecule has 1 aliphatic rings. The van der Waals surface area contributed by atoms with E-state index < -0.39 is 0 Å². The summed E-state index contributed by atoms with van der Waals surface area (Å²) in [5.41, 5.74) is 3.02. The minimum absolute atomic E-state index is 0.634. The lowest BCUT2D eigenvalue weighted by Gasteiger charge is -2.35. The third-order valence-electron chi connectivity index (χ3n) is 4.55. The first-order valence-electron chi connectivity index (χ1n) is 8.17. The maximum atomic E-state index is 4.80. The van der Waals surface area contributed by atoms with Gasteiger partial charge in [0.25, 0.3) is 0 Å². The van der Waals surface area contributed by atoms with Crippen LogP contribution in [-0.2, 0) is 13.5 Å². The first-order valence-corrected chi connectivity index (χ1v) is 8.17. The van der Waals surface area contributed by atoms with Crippen molar-refractivity contribution < 1.29 is 0 Å². The summed E-state index contributed by atoms with van der Waals surface area (Å²) in [6, 6.07) is 2.61. The molecule has 0 spiro atoms. The molecule has 5 nitrogen and oxygen atoms in total. The van der Waals surface area contributed by atoms with E-state index in [0.717, 1.165) is 23.5 Å². The van der Waals surface area contributed by atoms with Crippen molar-refractivity contribution in [2.75, 3.05) is 13.1 Å². The zero-order valence-corrected chi connectivity index (χ0v) is 13.7. The molecule has 1 atom stereocenters. The Morgan fingerprint density at radius 3 is 2.91 bits per heavy atom. The Labute approximate surface area is 132 Å². The van der Waals surface area contributed by atoms with Crippen molar-refractivity contribution in [3.63, 3.8) is 0 Å². The predicted octanol–water partition coefficient (Wildman–Crippen LogP) is 2.54. The van der Waals surface area contributed by atoms with Gasteiger partial charge in [-0.3, -0.25) is 9.67 Å². The number of rotatable bonds is 4. The molecule has 0 saturated carbocycles. The number of likely N-dealkylation sites (tertiary alicyclic amines) is 1. The summed E-state index contributed by atoms with van der Waals surface area (Å²) in [5.74, 6) is 0.687. The van der Waals surface area contributed by atoms with Crippen LogP contribution in [0.3, 0.4) is 0 Å². The average molecular weight is 299 g/mol. The molecular weight excluding hydrogens is 274 g/mol. The standard InChI is InChI=1S/C17H25N5/c1-13(2)22-8-4-5-14(12-22)9-15-10-18-11-16(20-15)17-6-7-19-21(17)3/h6-7,10-11,13-14H,4-5,8-9,12H2,1-3H3/t14-/m0/s1. The number of aromatic nitrogens is 4. The topological polar surface area (TPSA) is 46.8 Å². The SMILES string of the molecule is CC(C)N1CCC[C@@H](Cc2cncc(-c3ccnn3C)n2)C1.